The molecule has 0 aromatic carbocycles. The van der Waals surface area contributed by atoms with E-state index in [4.69, 9.17) is 0 Å². The zero-order valence-corrected chi connectivity index (χ0v) is 11.6. The van der Waals surface area contributed by atoms with E-state index in [2.05, 4.69) is 19.2 Å². The molecule has 5 heteroatoms. The van der Waals surface area contributed by atoms with E-state index in [1.54, 1.807) is 0 Å². The van der Waals surface area contributed by atoms with Gasteiger partial charge in [0.1, 0.15) is 0 Å². The molecular formula is C14H22F2N2O. The lowest BCUT2D eigenvalue weighted by atomic mass is 10.1. The maximum absolute atomic E-state index is 13.4. The molecule has 1 aliphatic heterocycles. The highest BCUT2D eigenvalue weighted by molar-refractivity contribution is 5.79. The molecule has 0 radical (unpaired) electrons. The van der Waals surface area contributed by atoms with Gasteiger partial charge in [0.05, 0.1) is 12.6 Å². The topological polar surface area (TPSA) is 32.3 Å². The smallest absolute Gasteiger partial charge is 0.263 e. The molecule has 108 valence electrons. The molecular weight excluding hydrogens is 250 g/mol. The molecule has 3 rings (SSSR count). The van der Waals surface area contributed by atoms with Gasteiger partial charge in [-0.2, -0.15) is 0 Å². The molecule has 0 spiro atoms. The molecule has 19 heavy (non-hydrogen) atoms. The second-order valence-corrected chi connectivity index (χ2v) is 6.92. The van der Waals surface area contributed by atoms with Crippen molar-refractivity contribution in [1.82, 2.24) is 10.2 Å². The second kappa shape index (κ2) is 4.14. The first kappa shape index (κ1) is 13.3. The molecule has 1 amide bonds. The number of nitrogens with zero attached hydrogens (tertiary/aromatic N) is 1. The maximum atomic E-state index is 13.4. The molecule has 3 nitrogen and oxygen atoms in total. The van der Waals surface area contributed by atoms with Gasteiger partial charge < -0.3 is 10.2 Å². The highest BCUT2D eigenvalue weighted by Gasteiger charge is 2.62. The Kier molecular flexibility index (Phi) is 2.89. The number of carbonyl (C=O) groups is 1. The van der Waals surface area contributed by atoms with Gasteiger partial charge in [-0.3, -0.25) is 4.79 Å². The minimum Gasteiger partial charge on any atom is -0.341 e. The summed E-state index contributed by atoms with van der Waals surface area (Å²) < 4.78 is 26.8. The summed E-state index contributed by atoms with van der Waals surface area (Å²) in [5.74, 6) is -1.44. The summed E-state index contributed by atoms with van der Waals surface area (Å²) in [4.78, 5) is 13.8. The summed E-state index contributed by atoms with van der Waals surface area (Å²) in [5.41, 5.74) is 0.378. The summed E-state index contributed by atoms with van der Waals surface area (Å²) in [6, 6.07) is -0.815. The Morgan fingerprint density at radius 3 is 2.47 bits per heavy atom. The van der Waals surface area contributed by atoms with Crippen LogP contribution in [0.5, 0.6) is 0 Å². The van der Waals surface area contributed by atoms with Crippen LogP contribution in [0.15, 0.2) is 0 Å². The standard InChI is InChI=1S/C14H22F2N2O/c1-13(2)9-7-18(8-10(9)13)12(19)6-17-11-4-3-5-14(11,15)16/h9-11,17H,3-8H2,1-2H3. The van der Waals surface area contributed by atoms with Crippen molar-refractivity contribution < 1.29 is 13.6 Å². The molecule has 3 fully saturated rings. The van der Waals surface area contributed by atoms with Crippen molar-refractivity contribution in [2.45, 2.75) is 45.1 Å². The number of fused-ring (bicyclic) bond motifs is 1. The predicted octanol–water partition coefficient (Wildman–Crippen LogP) is 1.88. The minimum absolute atomic E-state index is 0.0225. The molecule has 3 atom stereocenters. The highest BCUT2D eigenvalue weighted by atomic mass is 19.3. The third kappa shape index (κ3) is 2.16. The zero-order valence-electron chi connectivity index (χ0n) is 11.6. The molecule has 1 saturated heterocycles. The number of rotatable bonds is 3. The third-order valence-corrected chi connectivity index (χ3v) is 5.49. The van der Waals surface area contributed by atoms with Gasteiger partial charge in [0.2, 0.25) is 5.91 Å². The van der Waals surface area contributed by atoms with E-state index in [-0.39, 0.29) is 18.9 Å². The summed E-state index contributed by atoms with van der Waals surface area (Å²) in [7, 11) is 0. The van der Waals surface area contributed by atoms with E-state index in [1.165, 1.54) is 0 Å². The lowest BCUT2D eigenvalue weighted by Gasteiger charge is -2.25. The number of nitrogens with one attached hydrogen (secondary N) is 1. The maximum Gasteiger partial charge on any atom is 0.263 e. The van der Waals surface area contributed by atoms with E-state index >= 15 is 0 Å². The molecule has 3 unspecified atom stereocenters. The molecule has 1 heterocycles. The summed E-state index contributed by atoms with van der Waals surface area (Å²) >= 11 is 0. The van der Waals surface area contributed by atoms with Crippen molar-refractivity contribution in [3.8, 4) is 0 Å². The van der Waals surface area contributed by atoms with Crippen LogP contribution in [0.3, 0.4) is 0 Å². The molecule has 2 saturated carbocycles. The van der Waals surface area contributed by atoms with Crippen molar-refractivity contribution in [2.24, 2.45) is 17.3 Å². The van der Waals surface area contributed by atoms with Crippen molar-refractivity contribution in [2.75, 3.05) is 19.6 Å². The Balaban J connectivity index is 1.46. The van der Waals surface area contributed by atoms with Gasteiger partial charge in [-0.1, -0.05) is 13.8 Å². The fraction of sp³-hybridized carbons (Fsp3) is 0.929. The first-order chi connectivity index (χ1) is 8.82. The van der Waals surface area contributed by atoms with Gasteiger partial charge in [0.25, 0.3) is 5.92 Å². The number of hydrogen-bond acceptors (Lipinski definition) is 2. The van der Waals surface area contributed by atoms with Gasteiger partial charge in [-0.05, 0) is 30.1 Å². The van der Waals surface area contributed by atoms with Crippen LogP contribution in [0.2, 0.25) is 0 Å². The summed E-state index contributed by atoms with van der Waals surface area (Å²) in [5, 5.41) is 2.76. The van der Waals surface area contributed by atoms with Crippen molar-refractivity contribution in [1.29, 1.82) is 0 Å². The van der Waals surface area contributed by atoms with E-state index in [1.807, 2.05) is 4.90 Å². The molecule has 0 bridgehead atoms. The largest absolute Gasteiger partial charge is 0.341 e. The van der Waals surface area contributed by atoms with E-state index < -0.39 is 12.0 Å². The molecule has 0 aromatic rings. The predicted molar refractivity (Wildman–Crippen MR) is 67.9 cm³/mol. The fourth-order valence-corrected chi connectivity index (χ4v) is 3.84. The Morgan fingerprint density at radius 1 is 1.32 bits per heavy atom. The summed E-state index contributed by atoms with van der Waals surface area (Å²) in [6.07, 6.45) is 0.959. The average Bonchev–Trinajstić information content (AvgIpc) is 2.77. The third-order valence-electron chi connectivity index (χ3n) is 5.49. The van der Waals surface area contributed by atoms with Crippen molar-refractivity contribution >= 4 is 5.91 Å². The van der Waals surface area contributed by atoms with Gasteiger partial charge in [0.15, 0.2) is 0 Å². The highest BCUT2D eigenvalue weighted by Crippen LogP contribution is 2.61. The number of alkyl halides is 2. The van der Waals surface area contributed by atoms with Crippen LogP contribution in [0.1, 0.15) is 33.1 Å². The van der Waals surface area contributed by atoms with Crippen LogP contribution in [0.4, 0.5) is 8.78 Å². The first-order valence-corrected chi connectivity index (χ1v) is 7.21. The first-order valence-electron chi connectivity index (χ1n) is 7.21. The summed E-state index contributed by atoms with van der Waals surface area (Å²) in [6.45, 7) is 6.14. The molecule has 3 aliphatic rings. The number of likely N-dealkylation sites (tertiary alicyclic amines) is 1. The van der Waals surface area contributed by atoms with Crippen LogP contribution >= 0.6 is 0 Å². The van der Waals surface area contributed by atoms with Crippen LogP contribution < -0.4 is 5.32 Å². The van der Waals surface area contributed by atoms with Gasteiger partial charge >= 0.3 is 0 Å². The lowest BCUT2D eigenvalue weighted by Crippen LogP contribution is -2.46. The lowest BCUT2D eigenvalue weighted by molar-refractivity contribution is -0.130. The average molecular weight is 272 g/mol. The molecule has 0 aromatic heterocycles. The van der Waals surface area contributed by atoms with Crippen LogP contribution in [-0.4, -0.2) is 42.4 Å². The number of carbonyl (C=O) groups excluding carboxylic acids is 1. The minimum atomic E-state index is -2.64. The molecule has 1 N–H and O–H groups in total. The quantitative estimate of drug-likeness (QED) is 0.851. The van der Waals surface area contributed by atoms with Crippen LogP contribution in [0.25, 0.3) is 0 Å². The fourth-order valence-electron chi connectivity index (χ4n) is 3.84. The van der Waals surface area contributed by atoms with Crippen molar-refractivity contribution in [3.05, 3.63) is 0 Å². The number of hydrogen-bond donors (Lipinski definition) is 1. The van der Waals surface area contributed by atoms with E-state index in [0.29, 0.717) is 30.1 Å². The van der Waals surface area contributed by atoms with Crippen LogP contribution in [0, 0.1) is 17.3 Å². The Hall–Kier alpha value is -0.710. The number of piperidine rings is 1. The van der Waals surface area contributed by atoms with Crippen LogP contribution in [-0.2, 0) is 4.79 Å². The Bertz CT molecular complexity index is 383. The Morgan fingerprint density at radius 2 is 1.95 bits per heavy atom. The van der Waals surface area contributed by atoms with Crippen molar-refractivity contribution in [3.63, 3.8) is 0 Å². The second-order valence-electron chi connectivity index (χ2n) is 6.92. The molecule has 2 aliphatic carbocycles. The van der Waals surface area contributed by atoms with Gasteiger partial charge in [-0.15, -0.1) is 0 Å². The number of halogens is 2. The monoisotopic (exact) mass is 272 g/mol. The van der Waals surface area contributed by atoms with E-state index in [0.717, 1.165) is 13.1 Å². The number of amides is 1. The zero-order chi connectivity index (χ0) is 13.8. The SMILES string of the molecule is CC1(C)C2CN(C(=O)CNC3CCCC3(F)F)CC21. The Labute approximate surface area is 112 Å². The normalized spacial score (nSPS) is 38.3. The van der Waals surface area contributed by atoms with E-state index in [9.17, 15) is 13.6 Å². The van der Waals surface area contributed by atoms with Gasteiger partial charge in [0, 0.05) is 19.5 Å². The van der Waals surface area contributed by atoms with Gasteiger partial charge in [-0.25, -0.2) is 8.78 Å².